The minimum Gasteiger partial charge on any atom is -0.493 e. The molecule has 0 aliphatic carbocycles. The lowest BCUT2D eigenvalue weighted by atomic mass is 10.1. The summed E-state index contributed by atoms with van der Waals surface area (Å²) in [5, 5.41) is 0. The van der Waals surface area contributed by atoms with E-state index in [1.807, 2.05) is 30.3 Å². The van der Waals surface area contributed by atoms with Gasteiger partial charge in [-0.05, 0) is 18.2 Å². The molecule has 0 heterocycles. The first kappa shape index (κ1) is 13.7. The van der Waals surface area contributed by atoms with Gasteiger partial charge in [-0.15, -0.1) is 0 Å². The SMILES string of the molecule is COc1cc(N)c(C(N)=Nc2ccccc2)cc1OC. The summed E-state index contributed by atoms with van der Waals surface area (Å²) in [7, 11) is 3.11. The Balaban J connectivity index is 2.44. The molecule has 0 saturated carbocycles. The molecule has 0 aromatic heterocycles. The number of hydrogen-bond donors (Lipinski definition) is 2. The average Bonchev–Trinajstić information content (AvgIpc) is 2.47. The molecule has 0 aliphatic rings. The fraction of sp³-hybridized carbons (Fsp3) is 0.133. The number of hydrogen-bond acceptors (Lipinski definition) is 4. The number of aliphatic imine (C=N–C) groups is 1. The average molecular weight is 271 g/mol. The van der Waals surface area contributed by atoms with E-state index < -0.39 is 0 Å². The van der Waals surface area contributed by atoms with Crippen LogP contribution in [0.1, 0.15) is 5.56 Å². The Morgan fingerprint density at radius 3 is 2.20 bits per heavy atom. The van der Waals surface area contributed by atoms with Crippen LogP contribution in [0.15, 0.2) is 47.5 Å². The molecule has 0 bridgehead atoms. The first-order valence-corrected chi connectivity index (χ1v) is 6.06. The van der Waals surface area contributed by atoms with Crippen LogP contribution in [0.5, 0.6) is 11.5 Å². The van der Waals surface area contributed by atoms with E-state index in [2.05, 4.69) is 4.99 Å². The van der Waals surface area contributed by atoms with Crippen LogP contribution < -0.4 is 20.9 Å². The van der Waals surface area contributed by atoms with Crippen molar-refractivity contribution in [2.24, 2.45) is 10.7 Å². The van der Waals surface area contributed by atoms with Crippen molar-refractivity contribution in [2.75, 3.05) is 20.0 Å². The van der Waals surface area contributed by atoms with Gasteiger partial charge in [-0.2, -0.15) is 0 Å². The first-order chi connectivity index (χ1) is 9.65. The van der Waals surface area contributed by atoms with Crippen molar-refractivity contribution in [3.05, 3.63) is 48.0 Å². The zero-order valence-electron chi connectivity index (χ0n) is 11.5. The van der Waals surface area contributed by atoms with Crippen molar-refractivity contribution >= 4 is 17.2 Å². The van der Waals surface area contributed by atoms with Gasteiger partial charge < -0.3 is 20.9 Å². The number of nitrogen functional groups attached to an aromatic ring is 1. The molecule has 5 heteroatoms. The number of rotatable bonds is 4. The smallest absolute Gasteiger partial charge is 0.162 e. The molecule has 2 aromatic rings. The molecule has 0 radical (unpaired) electrons. The predicted molar refractivity (Wildman–Crippen MR) is 80.8 cm³/mol. The molecule has 0 aliphatic heterocycles. The summed E-state index contributed by atoms with van der Waals surface area (Å²) >= 11 is 0. The second-order valence-corrected chi connectivity index (χ2v) is 4.13. The number of anilines is 1. The minimum atomic E-state index is 0.328. The maximum atomic E-state index is 6.02. The van der Waals surface area contributed by atoms with Crippen LogP contribution in [0.3, 0.4) is 0 Å². The van der Waals surface area contributed by atoms with Crippen LogP contribution in [0.2, 0.25) is 0 Å². The largest absolute Gasteiger partial charge is 0.493 e. The third-order valence-electron chi connectivity index (χ3n) is 2.84. The number of methoxy groups -OCH3 is 2. The Hall–Kier alpha value is -2.69. The predicted octanol–water partition coefficient (Wildman–Crippen LogP) is 2.32. The summed E-state index contributed by atoms with van der Waals surface area (Å²) in [6, 6.07) is 12.8. The third-order valence-corrected chi connectivity index (χ3v) is 2.84. The van der Waals surface area contributed by atoms with E-state index in [0.29, 0.717) is 28.6 Å². The van der Waals surface area contributed by atoms with E-state index in [4.69, 9.17) is 20.9 Å². The zero-order chi connectivity index (χ0) is 14.5. The van der Waals surface area contributed by atoms with Crippen molar-refractivity contribution in [3.8, 4) is 11.5 Å². The molecule has 4 N–H and O–H groups in total. The van der Waals surface area contributed by atoms with Gasteiger partial charge in [-0.3, -0.25) is 0 Å². The quantitative estimate of drug-likeness (QED) is 0.508. The van der Waals surface area contributed by atoms with Crippen molar-refractivity contribution in [1.29, 1.82) is 0 Å². The Bertz CT molecular complexity index is 625. The molecule has 20 heavy (non-hydrogen) atoms. The minimum absolute atomic E-state index is 0.328. The second-order valence-electron chi connectivity index (χ2n) is 4.13. The standard InChI is InChI=1S/C15H17N3O2/c1-19-13-8-11(12(16)9-14(13)20-2)15(17)18-10-6-4-3-5-7-10/h3-9H,16H2,1-2H3,(H2,17,18). The molecular weight excluding hydrogens is 254 g/mol. The zero-order valence-corrected chi connectivity index (χ0v) is 11.5. The van der Waals surface area contributed by atoms with Gasteiger partial charge in [0.05, 0.1) is 19.9 Å². The number of ether oxygens (including phenoxy) is 2. The van der Waals surface area contributed by atoms with Gasteiger partial charge in [-0.25, -0.2) is 4.99 Å². The molecule has 104 valence electrons. The number of benzene rings is 2. The summed E-state index contributed by atoms with van der Waals surface area (Å²) in [4.78, 5) is 4.34. The van der Waals surface area contributed by atoms with Crippen molar-refractivity contribution in [3.63, 3.8) is 0 Å². The van der Waals surface area contributed by atoms with Gasteiger partial charge in [0.2, 0.25) is 0 Å². The summed E-state index contributed by atoms with van der Waals surface area (Å²) in [6.45, 7) is 0. The Morgan fingerprint density at radius 2 is 1.60 bits per heavy atom. The Labute approximate surface area is 117 Å². The highest BCUT2D eigenvalue weighted by Gasteiger charge is 2.11. The number of nitrogens with zero attached hydrogens (tertiary/aromatic N) is 1. The van der Waals surface area contributed by atoms with E-state index in [-0.39, 0.29) is 0 Å². The summed E-state index contributed by atoms with van der Waals surface area (Å²) in [5.74, 6) is 1.44. The first-order valence-electron chi connectivity index (χ1n) is 6.06. The van der Waals surface area contributed by atoms with E-state index in [9.17, 15) is 0 Å². The molecule has 2 aromatic carbocycles. The topological polar surface area (TPSA) is 82.9 Å². The fourth-order valence-corrected chi connectivity index (χ4v) is 1.82. The number of amidine groups is 1. The van der Waals surface area contributed by atoms with Crippen LogP contribution in [0.4, 0.5) is 11.4 Å². The highest BCUT2D eigenvalue weighted by molar-refractivity contribution is 6.04. The molecule has 0 spiro atoms. The molecule has 0 saturated heterocycles. The van der Waals surface area contributed by atoms with Gasteiger partial charge in [0.15, 0.2) is 11.5 Å². The molecule has 0 fully saturated rings. The molecule has 5 nitrogen and oxygen atoms in total. The van der Waals surface area contributed by atoms with Crippen LogP contribution in [0, 0.1) is 0 Å². The van der Waals surface area contributed by atoms with Crippen LogP contribution in [-0.2, 0) is 0 Å². The second kappa shape index (κ2) is 5.97. The normalized spacial score (nSPS) is 11.2. The third kappa shape index (κ3) is 2.83. The highest BCUT2D eigenvalue weighted by atomic mass is 16.5. The van der Waals surface area contributed by atoms with Crippen LogP contribution in [-0.4, -0.2) is 20.1 Å². The van der Waals surface area contributed by atoms with Gasteiger partial charge >= 0.3 is 0 Å². The number of para-hydroxylation sites is 1. The van der Waals surface area contributed by atoms with E-state index in [1.54, 1.807) is 26.4 Å². The molecule has 0 unspecified atom stereocenters. The Kier molecular flexibility index (Phi) is 4.10. The van der Waals surface area contributed by atoms with Crippen molar-refractivity contribution < 1.29 is 9.47 Å². The maximum Gasteiger partial charge on any atom is 0.162 e. The van der Waals surface area contributed by atoms with Crippen LogP contribution in [0.25, 0.3) is 0 Å². The van der Waals surface area contributed by atoms with Gasteiger partial charge in [0.25, 0.3) is 0 Å². The van der Waals surface area contributed by atoms with Crippen LogP contribution >= 0.6 is 0 Å². The summed E-state index contributed by atoms with van der Waals surface area (Å²) in [5.41, 5.74) is 13.9. The highest BCUT2D eigenvalue weighted by Crippen LogP contribution is 2.32. The van der Waals surface area contributed by atoms with Gasteiger partial charge in [0.1, 0.15) is 5.84 Å². The van der Waals surface area contributed by atoms with Crippen molar-refractivity contribution in [1.82, 2.24) is 0 Å². The Morgan fingerprint density at radius 1 is 1.00 bits per heavy atom. The summed E-state index contributed by atoms with van der Waals surface area (Å²) in [6.07, 6.45) is 0. The monoisotopic (exact) mass is 271 g/mol. The van der Waals surface area contributed by atoms with E-state index >= 15 is 0 Å². The fourth-order valence-electron chi connectivity index (χ4n) is 1.82. The lowest BCUT2D eigenvalue weighted by Crippen LogP contribution is -2.15. The van der Waals surface area contributed by atoms with Gasteiger partial charge in [0, 0.05) is 17.3 Å². The molecule has 0 atom stereocenters. The van der Waals surface area contributed by atoms with Crippen molar-refractivity contribution in [2.45, 2.75) is 0 Å². The molecule has 2 rings (SSSR count). The number of nitrogens with two attached hydrogens (primary N) is 2. The van der Waals surface area contributed by atoms with Gasteiger partial charge in [-0.1, -0.05) is 18.2 Å². The maximum absolute atomic E-state index is 6.02. The summed E-state index contributed by atoms with van der Waals surface area (Å²) < 4.78 is 10.4. The molecule has 0 amide bonds. The lowest BCUT2D eigenvalue weighted by molar-refractivity contribution is 0.355. The van der Waals surface area contributed by atoms with E-state index in [0.717, 1.165) is 5.69 Å². The molecular formula is C15H17N3O2. The lowest BCUT2D eigenvalue weighted by Gasteiger charge is -2.12. The van der Waals surface area contributed by atoms with E-state index in [1.165, 1.54) is 0 Å².